The van der Waals surface area contributed by atoms with Gasteiger partial charge in [-0.3, -0.25) is 4.79 Å². The van der Waals surface area contributed by atoms with Crippen LogP contribution in [0.5, 0.6) is 0 Å². The number of hydrogen-bond acceptors (Lipinski definition) is 3. The summed E-state index contributed by atoms with van der Waals surface area (Å²) in [5.41, 5.74) is 7.73. The van der Waals surface area contributed by atoms with Crippen molar-refractivity contribution in [3.63, 3.8) is 0 Å². The van der Waals surface area contributed by atoms with Gasteiger partial charge in [-0.2, -0.15) is 0 Å². The average molecular weight is 324 g/mol. The molecule has 0 aliphatic heterocycles. The predicted octanol–water partition coefficient (Wildman–Crippen LogP) is 2.61. The molecule has 6 nitrogen and oxygen atoms in total. The van der Waals surface area contributed by atoms with Crippen LogP contribution in [-0.2, 0) is 4.79 Å². The van der Waals surface area contributed by atoms with Crippen molar-refractivity contribution in [1.29, 1.82) is 0 Å². The number of nitrogens with two attached hydrogens (primary N) is 1. The van der Waals surface area contributed by atoms with Gasteiger partial charge in [0.1, 0.15) is 6.04 Å². The summed E-state index contributed by atoms with van der Waals surface area (Å²) in [6.45, 7) is 0. The van der Waals surface area contributed by atoms with Crippen LogP contribution in [0.25, 0.3) is 0 Å². The maximum absolute atomic E-state index is 11.7. The number of hydrogen-bond donors (Lipinski definition) is 4. The minimum absolute atomic E-state index is 0.197. The van der Waals surface area contributed by atoms with Crippen LogP contribution in [-0.4, -0.2) is 18.0 Å². The third-order valence-corrected chi connectivity index (χ3v) is 3.78. The van der Waals surface area contributed by atoms with Crippen LogP contribution in [0.4, 0.5) is 16.2 Å². The number of carbonyl (C=O) groups is 2. The molecule has 0 aromatic heterocycles. The van der Waals surface area contributed by atoms with Crippen molar-refractivity contribution in [3.05, 3.63) is 60.2 Å². The fourth-order valence-corrected chi connectivity index (χ4v) is 2.36. The van der Waals surface area contributed by atoms with Crippen molar-refractivity contribution in [2.75, 3.05) is 10.6 Å². The zero-order chi connectivity index (χ0) is 16.9. The summed E-state index contributed by atoms with van der Waals surface area (Å²) in [6.07, 6.45) is 2.09. The molecule has 2 aromatic carbocycles. The molecule has 0 radical (unpaired) electrons. The Hall–Kier alpha value is -3.02. The molecule has 2 aromatic rings. The maximum atomic E-state index is 11.7. The highest BCUT2D eigenvalue weighted by Gasteiger charge is 2.23. The molecule has 1 aliphatic carbocycles. The molecule has 124 valence electrons. The number of urea groups is 1. The van der Waals surface area contributed by atoms with E-state index in [1.54, 1.807) is 24.3 Å². The monoisotopic (exact) mass is 324 g/mol. The Labute approximate surface area is 140 Å². The van der Waals surface area contributed by atoms with Crippen molar-refractivity contribution < 1.29 is 9.59 Å². The summed E-state index contributed by atoms with van der Waals surface area (Å²) < 4.78 is 0. The Balaban J connectivity index is 1.63. The normalized spacial score (nSPS) is 14.5. The Morgan fingerprint density at radius 1 is 0.958 bits per heavy atom. The van der Waals surface area contributed by atoms with Gasteiger partial charge in [0.25, 0.3) is 0 Å². The molecule has 24 heavy (non-hydrogen) atoms. The van der Waals surface area contributed by atoms with E-state index < -0.39 is 11.9 Å². The van der Waals surface area contributed by atoms with Gasteiger partial charge in [0.05, 0.1) is 0 Å². The van der Waals surface area contributed by atoms with Crippen LogP contribution in [0, 0.1) is 0 Å². The second-order valence-corrected chi connectivity index (χ2v) is 5.84. The molecular weight excluding hydrogens is 304 g/mol. The number of anilines is 2. The van der Waals surface area contributed by atoms with Gasteiger partial charge in [-0.25, -0.2) is 4.79 Å². The summed E-state index contributed by atoms with van der Waals surface area (Å²) in [7, 11) is 0. The molecule has 1 aliphatic rings. The lowest BCUT2D eigenvalue weighted by atomic mass is 10.1. The van der Waals surface area contributed by atoms with Crippen LogP contribution in [0.2, 0.25) is 0 Å². The molecule has 0 saturated heterocycles. The Kier molecular flexibility index (Phi) is 4.65. The van der Waals surface area contributed by atoms with E-state index in [2.05, 4.69) is 16.0 Å². The highest BCUT2D eigenvalue weighted by molar-refractivity contribution is 5.90. The van der Waals surface area contributed by atoms with E-state index in [1.165, 1.54) is 0 Å². The summed E-state index contributed by atoms with van der Waals surface area (Å²) in [5, 5.41) is 8.75. The first-order chi connectivity index (χ1) is 11.6. The van der Waals surface area contributed by atoms with Crippen LogP contribution in [0.1, 0.15) is 24.4 Å². The quantitative estimate of drug-likeness (QED) is 0.657. The molecule has 0 bridgehead atoms. The largest absolute Gasteiger partial charge is 0.370 e. The van der Waals surface area contributed by atoms with Gasteiger partial charge in [0.2, 0.25) is 5.91 Å². The topological polar surface area (TPSA) is 96.2 Å². The van der Waals surface area contributed by atoms with Crippen LogP contribution in [0.3, 0.4) is 0 Å². The molecule has 3 amide bonds. The fourth-order valence-electron chi connectivity index (χ4n) is 2.36. The Morgan fingerprint density at radius 2 is 1.58 bits per heavy atom. The van der Waals surface area contributed by atoms with Crippen LogP contribution < -0.4 is 21.7 Å². The van der Waals surface area contributed by atoms with Gasteiger partial charge in [0, 0.05) is 17.4 Å². The summed E-state index contributed by atoms with van der Waals surface area (Å²) in [5.74, 6) is -0.452. The molecule has 6 heteroatoms. The van der Waals surface area contributed by atoms with E-state index in [9.17, 15) is 9.59 Å². The second kappa shape index (κ2) is 7.04. The minimum atomic E-state index is -0.608. The first kappa shape index (κ1) is 15.9. The number of carbonyl (C=O) groups excluding carboxylic acids is 2. The lowest BCUT2D eigenvalue weighted by molar-refractivity contribution is -0.118. The first-order valence-electron chi connectivity index (χ1n) is 7.90. The molecular formula is C18H20N4O2. The SMILES string of the molecule is NC(=O)C(Nc1ccc(NC(=O)NC2CC2)cc1)c1ccccc1. The number of benzene rings is 2. The smallest absolute Gasteiger partial charge is 0.319 e. The molecule has 1 saturated carbocycles. The van der Waals surface area contributed by atoms with Crippen LogP contribution in [0.15, 0.2) is 54.6 Å². The highest BCUT2D eigenvalue weighted by Crippen LogP contribution is 2.22. The van der Waals surface area contributed by atoms with Gasteiger partial charge in [-0.1, -0.05) is 30.3 Å². The number of nitrogens with one attached hydrogen (secondary N) is 3. The summed E-state index contributed by atoms with van der Waals surface area (Å²) >= 11 is 0. The van der Waals surface area contributed by atoms with E-state index in [0.29, 0.717) is 11.7 Å². The lowest BCUT2D eigenvalue weighted by Crippen LogP contribution is -2.30. The molecule has 5 N–H and O–H groups in total. The first-order valence-corrected chi connectivity index (χ1v) is 7.90. The van der Waals surface area contributed by atoms with Crippen molar-refractivity contribution >= 4 is 23.3 Å². The van der Waals surface area contributed by atoms with Crippen molar-refractivity contribution in [2.24, 2.45) is 5.73 Å². The Bertz CT molecular complexity index is 712. The number of primary amides is 1. The van der Waals surface area contributed by atoms with Crippen molar-refractivity contribution in [3.8, 4) is 0 Å². The second-order valence-electron chi connectivity index (χ2n) is 5.84. The van der Waals surface area contributed by atoms with E-state index >= 15 is 0 Å². The molecule has 1 unspecified atom stereocenters. The number of rotatable bonds is 6. The summed E-state index contributed by atoms with van der Waals surface area (Å²) in [6, 6.07) is 16.0. The zero-order valence-corrected chi connectivity index (χ0v) is 13.2. The predicted molar refractivity (Wildman–Crippen MR) is 93.6 cm³/mol. The van der Waals surface area contributed by atoms with Gasteiger partial charge in [-0.05, 0) is 42.7 Å². The van der Waals surface area contributed by atoms with E-state index in [4.69, 9.17) is 5.73 Å². The Morgan fingerprint density at radius 3 is 2.17 bits per heavy atom. The highest BCUT2D eigenvalue weighted by atomic mass is 16.2. The third kappa shape index (κ3) is 4.25. The van der Waals surface area contributed by atoms with Gasteiger partial charge in [-0.15, -0.1) is 0 Å². The standard InChI is InChI=1S/C18H20N4O2/c19-17(23)16(12-4-2-1-3-5-12)20-13-6-8-14(9-7-13)21-18(24)22-15-10-11-15/h1-9,15-16,20H,10-11H2,(H2,19,23)(H2,21,22,24). The van der Waals surface area contributed by atoms with Gasteiger partial charge >= 0.3 is 6.03 Å². The maximum Gasteiger partial charge on any atom is 0.319 e. The zero-order valence-electron chi connectivity index (χ0n) is 13.2. The molecule has 0 heterocycles. The summed E-state index contributed by atoms with van der Waals surface area (Å²) in [4.78, 5) is 23.4. The fraction of sp³-hybridized carbons (Fsp3) is 0.222. The van der Waals surface area contributed by atoms with E-state index in [0.717, 1.165) is 24.1 Å². The van der Waals surface area contributed by atoms with Crippen LogP contribution >= 0.6 is 0 Å². The van der Waals surface area contributed by atoms with E-state index in [-0.39, 0.29) is 6.03 Å². The van der Waals surface area contributed by atoms with E-state index in [1.807, 2.05) is 30.3 Å². The molecule has 3 rings (SSSR count). The third-order valence-electron chi connectivity index (χ3n) is 3.78. The average Bonchev–Trinajstić information content (AvgIpc) is 3.38. The van der Waals surface area contributed by atoms with Gasteiger partial charge < -0.3 is 21.7 Å². The minimum Gasteiger partial charge on any atom is -0.370 e. The molecule has 1 fully saturated rings. The lowest BCUT2D eigenvalue weighted by Gasteiger charge is -2.17. The number of amides is 3. The van der Waals surface area contributed by atoms with Crippen molar-refractivity contribution in [1.82, 2.24) is 5.32 Å². The van der Waals surface area contributed by atoms with Crippen molar-refractivity contribution in [2.45, 2.75) is 24.9 Å². The van der Waals surface area contributed by atoms with Gasteiger partial charge in [0.15, 0.2) is 0 Å². The molecule has 1 atom stereocenters. The molecule has 0 spiro atoms.